The number of rotatable bonds is 4. The van der Waals surface area contributed by atoms with E-state index in [4.69, 9.17) is 0 Å². The lowest BCUT2D eigenvalue weighted by molar-refractivity contribution is -0.0328. The molecule has 0 aromatic heterocycles. The monoisotopic (exact) mass is 376 g/mol. The minimum absolute atomic E-state index is 0.0496. The van der Waals surface area contributed by atoms with Crippen LogP contribution in [0.5, 0.6) is 0 Å². The highest BCUT2D eigenvalue weighted by molar-refractivity contribution is 9.10. The molecule has 0 amide bonds. The Hall–Kier alpha value is 0.320. The quantitative estimate of drug-likeness (QED) is 0.500. The van der Waals surface area contributed by atoms with Gasteiger partial charge in [0.15, 0.2) is 0 Å². The van der Waals surface area contributed by atoms with Crippen LogP contribution in [0, 0.1) is 0 Å². The first-order valence-electron chi connectivity index (χ1n) is 4.52. The number of halogens is 5. The normalized spacial score (nSPS) is 11.8. The highest BCUT2D eigenvalue weighted by Crippen LogP contribution is 2.39. The minimum atomic E-state index is -4.23. The summed E-state index contributed by atoms with van der Waals surface area (Å²) in [6, 6.07) is 4.88. The molecule has 1 aromatic carbocycles. The highest BCUT2D eigenvalue weighted by Gasteiger charge is 2.30. The molecule has 0 N–H and O–H groups in total. The van der Waals surface area contributed by atoms with Crippen LogP contribution in [-0.4, -0.2) is 10.8 Å². The molecular weight excluding hydrogens is 369 g/mol. The zero-order valence-corrected chi connectivity index (χ0v) is 12.1. The van der Waals surface area contributed by atoms with Crippen molar-refractivity contribution in [3.8, 4) is 0 Å². The Morgan fingerprint density at radius 1 is 1.25 bits per heavy atom. The summed E-state index contributed by atoms with van der Waals surface area (Å²) in [4.78, 5) is 0.289. The molecule has 6 heteroatoms. The van der Waals surface area contributed by atoms with Gasteiger partial charge in [-0.1, -0.05) is 31.9 Å². The van der Waals surface area contributed by atoms with Crippen LogP contribution < -0.4 is 0 Å². The van der Waals surface area contributed by atoms with Gasteiger partial charge in [0.05, 0.1) is 0 Å². The average Bonchev–Trinajstić information content (AvgIpc) is 2.16. The van der Waals surface area contributed by atoms with Crippen LogP contribution in [0.25, 0.3) is 0 Å². The lowest BCUT2D eigenvalue weighted by atomic mass is 10.1. The van der Waals surface area contributed by atoms with Crippen molar-refractivity contribution in [1.82, 2.24) is 0 Å². The van der Waals surface area contributed by atoms with Crippen LogP contribution in [-0.2, 0) is 6.42 Å². The topological polar surface area (TPSA) is 0 Å². The molecule has 0 saturated heterocycles. The largest absolute Gasteiger partial charge is 0.446 e. The van der Waals surface area contributed by atoms with E-state index in [0.717, 1.165) is 21.8 Å². The van der Waals surface area contributed by atoms with Gasteiger partial charge in [0.25, 0.3) is 0 Å². The van der Waals surface area contributed by atoms with Gasteiger partial charge in [-0.15, -0.1) is 0 Å². The molecule has 0 aliphatic heterocycles. The van der Waals surface area contributed by atoms with E-state index in [-0.39, 0.29) is 16.7 Å². The van der Waals surface area contributed by atoms with Crippen molar-refractivity contribution in [3.05, 3.63) is 28.2 Å². The van der Waals surface area contributed by atoms with E-state index in [0.29, 0.717) is 6.42 Å². The number of benzene rings is 1. The predicted molar refractivity (Wildman–Crippen MR) is 68.2 cm³/mol. The zero-order valence-electron chi connectivity index (χ0n) is 8.15. The SMILES string of the molecule is FC(F)(F)Sc1ccc(Br)cc1CCCBr. The van der Waals surface area contributed by atoms with E-state index in [2.05, 4.69) is 31.9 Å². The fraction of sp³-hybridized carbons (Fsp3) is 0.400. The summed E-state index contributed by atoms with van der Waals surface area (Å²) in [6.45, 7) is 0. The Labute approximate surface area is 113 Å². The molecule has 0 radical (unpaired) electrons. The third-order valence-electron chi connectivity index (χ3n) is 1.83. The molecule has 0 unspecified atom stereocenters. The van der Waals surface area contributed by atoms with E-state index < -0.39 is 5.51 Å². The maximum Gasteiger partial charge on any atom is 0.446 e. The van der Waals surface area contributed by atoms with Gasteiger partial charge in [0, 0.05) is 14.7 Å². The van der Waals surface area contributed by atoms with Crippen molar-refractivity contribution in [3.63, 3.8) is 0 Å². The summed E-state index contributed by atoms with van der Waals surface area (Å²) in [6.07, 6.45) is 1.46. The van der Waals surface area contributed by atoms with Gasteiger partial charge in [-0.25, -0.2) is 0 Å². The molecule has 0 fully saturated rings. The average molecular weight is 378 g/mol. The van der Waals surface area contributed by atoms with Crippen molar-refractivity contribution >= 4 is 43.6 Å². The maximum absolute atomic E-state index is 12.3. The van der Waals surface area contributed by atoms with Gasteiger partial charge >= 0.3 is 5.51 Å². The van der Waals surface area contributed by atoms with Gasteiger partial charge in [-0.05, 0) is 48.4 Å². The third kappa shape index (κ3) is 5.10. The molecule has 0 aliphatic rings. The van der Waals surface area contributed by atoms with Crippen LogP contribution in [0.1, 0.15) is 12.0 Å². The number of hydrogen-bond acceptors (Lipinski definition) is 1. The number of thioether (sulfide) groups is 1. The van der Waals surface area contributed by atoms with Crippen LogP contribution in [0.2, 0.25) is 0 Å². The van der Waals surface area contributed by atoms with Gasteiger partial charge in [-0.2, -0.15) is 13.2 Å². The van der Waals surface area contributed by atoms with Crippen LogP contribution in [0.3, 0.4) is 0 Å². The lowest BCUT2D eigenvalue weighted by Gasteiger charge is -2.11. The summed E-state index contributed by atoms with van der Waals surface area (Å²) in [5.74, 6) is 0. The Morgan fingerprint density at radius 3 is 2.50 bits per heavy atom. The molecular formula is C10H9Br2F3S. The number of aryl methyl sites for hydroxylation is 1. The summed E-state index contributed by atoms with van der Waals surface area (Å²) < 4.78 is 37.7. The van der Waals surface area contributed by atoms with Gasteiger partial charge < -0.3 is 0 Å². The van der Waals surface area contributed by atoms with E-state index >= 15 is 0 Å². The molecule has 1 rings (SSSR count). The van der Waals surface area contributed by atoms with Crippen molar-refractivity contribution < 1.29 is 13.2 Å². The van der Waals surface area contributed by atoms with Crippen molar-refractivity contribution in [2.45, 2.75) is 23.2 Å². The number of alkyl halides is 4. The Balaban J connectivity index is 2.89. The molecule has 0 heterocycles. The molecule has 0 spiro atoms. The Morgan fingerprint density at radius 2 is 1.94 bits per heavy atom. The second kappa shape index (κ2) is 6.31. The van der Waals surface area contributed by atoms with Crippen molar-refractivity contribution in [2.75, 3.05) is 5.33 Å². The molecule has 90 valence electrons. The maximum atomic E-state index is 12.3. The molecule has 0 aliphatic carbocycles. The molecule has 0 saturated carbocycles. The lowest BCUT2D eigenvalue weighted by Crippen LogP contribution is -2.01. The molecule has 0 atom stereocenters. The molecule has 1 aromatic rings. The van der Waals surface area contributed by atoms with Crippen molar-refractivity contribution in [1.29, 1.82) is 0 Å². The van der Waals surface area contributed by atoms with Crippen LogP contribution in [0.15, 0.2) is 27.6 Å². The smallest absolute Gasteiger partial charge is 0.160 e. The van der Waals surface area contributed by atoms with E-state index in [1.807, 2.05) is 0 Å². The number of hydrogen-bond donors (Lipinski definition) is 0. The molecule has 16 heavy (non-hydrogen) atoms. The van der Waals surface area contributed by atoms with Crippen molar-refractivity contribution in [2.24, 2.45) is 0 Å². The molecule has 0 nitrogen and oxygen atoms in total. The second-order valence-corrected chi connectivity index (χ2v) is 5.91. The first-order valence-corrected chi connectivity index (χ1v) is 7.25. The fourth-order valence-corrected chi connectivity index (χ4v) is 2.59. The minimum Gasteiger partial charge on any atom is -0.160 e. The Kier molecular flexibility index (Phi) is 5.67. The van der Waals surface area contributed by atoms with E-state index in [1.54, 1.807) is 12.1 Å². The summed E-state index contributed by atoms with van der Waals surface area (Å²) in [5.41, 5.74) is -3.49. The highest BCUT2D eigenvalue weighted by atomic mass is 79.9. The molecule has 0 bridgehead atoms. The van der Waals surface area contributed by atoms with Gasteiger partial charge in [0.1, 0.15) is 0 Å². The summed E-state index contributed by atoms with van der Waals surface area (Å²) in [7, 11) is 0. The summed E-state index contributed by atoms with van der Waals surface area (Å²) in [5, 5.41) is 0.787. The first-order chi connectivity index (χ1) is 7.42. The third-order valence-corrected chi connectivity index (χ3v) is 3.73. The van der Waals surface area contributed by atoms with E-state index in [9.17, 15) is 13.2 Å². The predicted octanol–water partition coefficient (Wildman–Crippen LogP) is 5.39. The fourth-order valence-electron chi connectivity index (χ4n) is 1.22. The van der Waals surface area contributed by atoms with E-state index in [1.165, 1.54) is 6.07 Å². The Bertz CT molecular complexity index is 352. The second-order valence-electron chi connectivity index (χ2n) is 3.09. The summed E-state index contributed by atoms with van der Waals surface area (Å²) >= 11 is 6.49. The van der Waals surface area contributed by atoms with Gasteiger partial charge in [-0.3, -0.25) is 0 Å². The standard InChI is InChI=1S/C10H9Br2F3S/c11-5-1-2-7-6-8(12)3-4-9(7)16-10(13,14)15/h3-4,6H,1-2,5H2. The first kappa shape index (κ1) is 14.4. The van der Waals surface area contributed by atoms with Crippen LogP contribution in [0.4, 0.5) is 13.2 Å². The van der Waals surface area contributed by atoms with Gasteiger partial charge in [0.2, 0.25) is 0 Å². The zero-order chi connectivity index (χ0) is 12.2. The van der Waals surface area contributed by atoms with Crippen LogP contribution >= 0.6 is 43.6 Å².